The second-order valence-electron chi connectivity index (χ2n) is 2.16. The molecule has 0 saturated carbocycles. The Balaban J connectivity index is 2.66. The first-order valence-electron chi connectivity index (χ1n) is 3.72. The molecule has 0 fully saturated rings. The molecule has 4 heteroatoms. The minimum Gasteiger partial charge on any atom is -0.355 e. The van der Waals surface area contributed by atoms with Gasteiger partial charge in [0.15, 0.2) is 7.28 Å². The van der Waals surface area contributed by atoms with E-state index in [1.807, 2.05) is 21.0 Å². The van der Waals surface area contributed by atoms with Gasteiger partial charge in [0.25, 0.3) is 0 Å². The summed E-state index contributed by atoms with van der Waals surface area (Å²) in [6, 6.07) is 0. The van der Waals surface area contributed by atoms with E-state index in [2.05, 4.69) is 15.3 Å². The van der Waals surface area contributed by atoms with Gasteiger partial charge in [0.2, 0.25) is 5.95 Å². The highest BCUT2D eigenvalue weighted by molar-refractivity contribution is 6.51. The molecule has 1 heterocycles. The van der Waals surface area contributed by atoms with Crippen molar-refractivity contribution < 1.29 is 0 Å². The highest BCUT2D eigenvalue weighted by Gasteiger charge is 1.92. The summed E-state index contributed by atoms with van der Waals surface area (Å²) in [5.41, 5.74) is 1.05. The second kappa shape index (κ2) is 3.96. The van der Waals surface area contributed by atoms with Crippen LogP contribution in [0.1, 0.15) is 6.92 Å². The van der Waals surface area contributed by atoms with Crippen molar-refractivity contribution in [2.75, 3.05) is 11.9 Å². The van der Waals surface area contributed by atoms with Gasteiger partial charge in [-0.1, -0.05) is 12.3 Å². The van der Waals surface area contributed by atoms with E-state index in [-0.39, 0.29) is 0 Å². The van der Waals surface area contributed by atoms with Gasteiger partial charge in [0.05, 0.1) is 0 Å². The van der Waals surface area contributed by atoms with Gasteiger partial charge in [-0.05, 0) is 6.92 Å². The smallest absolute Gasteiger partial charge is 0.222 e. The van der Waals surface area contributed by atoms with Crippen LogP contribution in [0.2, 0.25) is 6.82 Å². The molecule has 1 N–H and O–H groups in total. The Labute approximate surface area is 67.5 Å². The first kappa shape index (κ1) is 8.05. The molecule has 0 aromatic carbocycles. The molecule has 0 saturated heterocycles. The van der Waals surface area contributed by atoms with Gasteiger partial charge < -0.3 is 5.32 Å². The molecule has 3 nitrogen and oxygen atoms in total. The third-order valence-corrected chi connectivity index (χ3v) is 1.34. The summed E-state index contributed by atoms with van der Waals surface area (Å²) < 4.78 is 0. The van der Waals surface area contributed by atoms with Crippen LogP contribution in [0.15, 0.2) is 12.4 Å². The van der Waals surface area contributed by atoms with Crippen molar-refractivity contribution in [3.63, 3.8) is 0 Å². The highest BCUT2D eigenvalue weighted by Crippen LogP contribution is 1.90. The summed E-state index contributed by atoms with van der Waals surface area (Å²) in [6.45, 7) is 4.84. The van der Waals surface area contributed by atoms with Crippen LogP contribution in [0.5, 0.6) is 0 Å². The summed E-state index contributed by atoms with van der Waals surface area (Å²) in [6.07, 6.45) is 3.59. The first-order chi connectivity index (χ1) is 5.36. The van der Waals surface area contributed by atoms with Crippen LogP contribution in [-0.2, 0) is 0 Å². The maximum atomic E-state index is 4.09. The Morgan fingerprint density at radius 1 is 1.45 bits per heavy atom. The normalized spacial score (nSPS) is 9.27. The largest absolute Gasteiger partial charge is 0.355 e. The molecular formula is C7H11BN3. The molecule has 0 atom stereocenters. The van der Waals surface area contributed by atoms with E-state index in [1.165, 1.54) is 0 Å². The Kier molecular flexibility index (Phi) is 2.89. The van der Waals surface area contributed by atoms with Crippen LogP contribution >= 0.6 is 0 Å². The van der Waals surface area contributed by atoms with E-state index in [9.17, 15) is 0 Å². The minimum atomic E-state index is 0.693. The topological polar surface area (TPSA) is 37.8 Å². The van der Waals surface area contributed by atoms with Crippen LogP contribution in [0.4, 0.5) is 5.95 Å². The average molecular weight is 148 g/mol. The van der Waals surface area contributed by atoms with Crippen molar-refractivity contribution in [3.05, 3.63) is 12.4 Å². The van der Waals surface area contributed by atoms with E-state index in [0.29, 0.717) is 5.95 Å². The summed E-state index contributed by atoms with van der Waals surface area (Å²) in [5.74, 6) is 0.693. The molecule has 1 aromatic heterocycles. The fraction of sp³-hybridized carbons (Fsp3) is 0.429. The van der Waals surface area contributed by atoms with E-state index in [0.717, 1.165) is 12.0 Å². The van der Waals surface area contributed by atoms with Crippen molar-refractivity contribution in [2.45, 2.75) is 13.7 Å². The van der Waals surface area contributed by atoms with Gasteiger partial charge in [-0.2, -0.15) is 0 Å². The van der Waals surface area contributed by atoms with Crippen LogP contribution in [0.3, 0.4) is 0 Å². The number of nitrogens with zero attached hydrogens (tertiary/aromatic N) is 2. The minimum absolute atomic E-state index is 0.693. The van der Waals surface area contributed by atoms with E-state index in [4.69, 9.17) is 0 Å². The molecule has 11 heavy (non-hydrogen) atoms. The van der Waals surface area contributed by atoms with Gasteiger partial charge in [-0.15, -0.1) is 0 Å². The van der Waals surface area contributed by atoms with Crippen LogP contribution < -0.4 is 10.8 Å². The zero-order chi connectivity index (χ0) is 8.10. The standard InChI is InChI=1S/C7H11BN3/c1-3-9-7-10-4-6(8-2)5-11-7/h4-5H,3H2,1-2H3,(H,9,10,11). The van der Waals surface area contributed by atoms with Gasteiger partial charge in [-0.25, -0.2) is 9.97 Å². The number of aromatic nitrogens is 2. The van der Waals surface area contributed by atoms with E-state index in [1.54, 1.807) is 12.4 Å². The van der Waals surface area contributed by atoms with Crippen LogP contribution in [-0.4, -0.2) is 23.8 Å². The molecule has 0 spiro atoms. The Morgan fingerprint density at radius 3 is 2.55 bits per heavy atom. The lowest BCUT2D eigenvalue weighted by Gasteiger charge is -1.99. The van der Waals surface area contributed by atoms with Gasteiger partial charge in [-0.3, -0.25) is 0 Å². The second-order valence-corrected chi connectivity index (χ2v) is 2.16. The third kappa shape index (κ3) is 2.22. The van der Waals surface area contributed by atoms with Crippen molar-refractivity contribution >= 4 is 18.7 Å². The molecule has 0 unspecified atom stereocenters. The molecule has 0 aliphatic heterocycles. The van der Waals surface area contributed by atoms with Crippen LogP contribution in [0.25, 0.3) is 0 Å². The summed E-state index contributed by atoms with van der Waals surface area (Å²) in [5, 5.41) is 3.02. The summed E-state index contributed by atoms with van der Waals surface area (Å²) >= 11 is 0. The molecule has 1 rings (SSSR count). The van der Waals surface area contributed by atoms with E-state index >= 15 is 0 Å². The predicted molar refractivity (Wildman–Crippen MR) is 47.4 cm³/mol. The number of nitrogens with one attached hydrogen (secondary N) is 1. The van der Waals surface area contributed by atoms with Crippen molar-refractivity contribution in [3.8, 4) is 0 Å². The number of rotatable bonds is 3. The zero-order valence-electron chi connectivity index (χ0n) is 6.83. The molecule has 0 bridgehead atoms. The number of hydrogen-bond acceptors (Lipinski definition) is 3. The van der Waals surface area contributed by atoms with Gasteiger partial charge in [0, 0.05) is 18.9 Å². The van der Waals surface area contributed by atoms with Crippen molar-refractivity contribution in [1.29, 1.82) is 0 Å². The summed E-state index contributed by atoms with van der Waals surface area (Å²) in [4.78, 5) is 8.17. The monoisotopic (exact) mass is 148 g/mol. The third-order valence-electron chi connectivity index (χ3n) is 1.34. The predicted octanol–water partition coefficient (Wildman–Crippen LogP) is 0.286. The van der Waals surface area contributed by atoms with E-state index < -0.39 is 0 Å². The first-order valence-corrected chi connectivity index (χ1v) is 3.72. The summed E-state index contributed by atoms with van der Waals surface area (Å²) in [7, 11) is 1.97. The Bertz CT molecular complexity index is 209. The maximum absolute atomic E-state index is 4.09. The Morgan fingerprint density at radius 2 is 2.09 bits per heavy atom. The molecule has 0 aliphatic rings. The molecular weight excluding hydrogens is 137 g/mol. The fourth-order valence-electron chi connectivity index (χ4n) is 0.736. The lowest BCUT2D eigenvalue weighted by atomic mass is 9.75. The quantitative estimate of drug-likeness (QED) is 0.625. The average Bonchev–Trinajstić information content (AvgIpc) is 2.07. The molecule has 1 aromatic rings. The van der Waals surface area contributed by atoms with Crippen molar-refractivity contribution in [1.82, 2.24) is 9.97 Å². The maximum Gasteiger partial charge on any atom is 0.222 e. The number of anilines is 1. The zero-order valence-corrected chi connectivity index (χ0v) is 6.83. The lowest BCUT2D eigenvalue weighted by Crippen LogP contribution is -2.13. The molecule has 0 amide bonds. The van der Waals surface area contributed by atoms with Crippen molar-refractivity contribution in [2.24, 2.45) is 0 Å². The number of hydrogen-bond donors (Lipinski definition) is 1. The fourth-order valence-corrected chi connectivity index (χ4v) is 0.736. The van der Waals surface area contributed by atoms with Crippen LogP contribution in [0, 0.1) is 0 Å². The lowest BCUT2D eigenvalue weighted by molar-refractivity contribution is 1.09. The molecule has 0 aliphatic carbocycles. The molecule has 57 valence electrons. The van der Waals surface area contributed by atoms with Gasteiger partial charge >= 0.3 is 0 Å². The Hall–Kier alpha value is -1.06. The molecule has 1 radical (unpaired) electrons. The SMILES string of the molecule is C[B]c1cnc(NCC)nc1. The van der Waals surface area contributed by atoms with Gasteiger partial charge in [0.1, 0.15) is 0 Å². The highest BCUT2D eigenvalue weighted by atomic mass is 15.1.